The number of carbonyl (C=O) groups excluding carboxylic acids is 1. The lowest BCUT2D eigenvalue weighted by atomic mass is 9.97. The van der Waals surface area contributed by atoms with Crippen molar-refractivity contribution in [2.45, 2.75) is 46.3 Å². The summed E-state index contributed by atoms with van der Waals surface area (Å²) in [5, 5.41) is 0.888. The minimum absolute atomic E-state index is 0. The van der Waals surface area contributed by atoms with Gasteiger partial charge in [0, 0.05) is 52.4 Å². The van der Waals surface area contributed by atoms with Gasteiger partial charge in [0.2, 0.25) is 0 Å². The molecule has 5 rings (SSSR count). The summed E-state index contributed by atoms with van der Waals surface area (Å²) >= 11 is 1.57. The van der Waals surface area contributed by atoms with Crippen LogP contribution in [0.25, 0.3) is 20.5 Å². The van der Waals surface area contributed by atoms with Gasteiger partial charge in [-0.2, -0.15) is 0 Å². The van der Waals surface area contributed by atoms with Gasteiger partial charge in [-0.05, 0) is 106 Å². The number of piperidine rings is 1. The Kier molecular flexibility index (Phi) is 12.3. The highest BCUT2D eigenvalue weighted by atomic mass is 35.5. The van der Waals surface area contributed by atoms with E-state index >= 15 is 0 Å². The van der Waals surface area contributed by atoms with E-state index in [2.05, 4.69) is 11.8 Å². The van der Waals surface area contributed by atoms with Gasteiger partial charge in [0.15, 0.2) is 19.4 Å². The molecule has 1 aliphatic heterocycles. The standard InChI is InChI=1S/C34H39NO6S.ClH/c1-4-37-22-39-27-13-11-26(12-14-27)34-32(30-18-17-29(21-31(30)42-34)40-23-38-5-2)33(36)25-9-15-28(16-10-25)41-24(3)35-19-7-6-8-20-35;/h9-18,21,24H,4-8,19-20,22-23H2,1-3H3;1H. The molecule has 7 nitrogen and oxygen atoms in total. The van der Waals surface area contributed by atoms with Gasteiger partial charge in [-0.1, -0.05) is 6.42 Å². The fraction of sp³-hybridized carbons (Fsp3) is 0.382. The molecule has 0 aliphatic carbocycles. The molecule has 1 fully saturated rings. The van der Waals surface area contributed by atoms with E-state index in [1.165, 1.54) is 19.3 Å². The first-order chi connectivity index (χ1) is 20.6. The maximum atomic E-state index is 14.1. The zero-order valence-corrected chi connectivity index (χ0v) is 26.6. The summed E-state index contributed by atoms with van der Waals surface area (Å²) in [4.78, 5) is 17.4. The lowest BCUT2D eigenvalue weighted by Crippen LogP contribution is -2.40. The third-order valence-electron chi connectivity index (χ3n) is 7.36. The zero-order chi connectivity index (χ0) is 29.3. The molecule has 0 saturated carbocycles. The summed E-state index contributed by atoms with van der Waals surface area (Å²) in [7, 11) is 0. The summed E-state index contributed by atoms with van der Waals surface area (Å²) < 4.78 is 29.2. The number of likely N-dealkylation sites (tertiary alicyclic amines) is 1. The minimum atomic E-state index is -0.0356. The molecule has 1 aromatic heterocycles. The topological polar surface area (TPSA) is 66.5 Å². The van der Waals surface area contributed by atoms with Crippen LogP contribution in [-0.4, -0.2) is 56.8 Å². The Hall–Kier alpha value is -3.14. The molecule has 0 amide bonds. The molecule has 43 heavy (non-hydrogen) atoms. The van der Waals surface area contributed by atoms with Crippen molar-refractivity contribution in [3.05, 3.63) is 77.9 Å². The molecule has 2 heterocycles. The third-order valence-corrected chi connectivity index (χ3v) is 8.56. The van der Waals surface area contributed by atoms with E-state index in [9.17, 15) is 4.79 Å². The van der Waals surface area contributed by atoms with Crippen molar-refractivity contribution in [2.75, 3.05) is 39.9 Å². The van der Waals surface area contributed by atoms with Gasteiger partial charge in [-0.25, -0.2) is 0 Å². The second kappa shape index (κ2) is 16.1. The first kappa shape index (κ1) is 32.8. The fourth-order valence-corrected chi connectivity index (χ4v) is 6.30. The molecule has 0 radical (unpaired) electrons. The number of halogens is 1. The predicted molar refractivity (Wildman–Crippen MR) is 174 cm³/mol. The average Bonchev–Trinajstić information content (AvgIpc) is 3.41. The van der Waals surface area contributed by atoms with Crippen molar-refractivity contribution in [3.8, 4) is 27.7 Å². The Balaban J connectivity index is 0.00000423. The van der Waals surface area contributed by atoms with Crippen molar-refractivity contribution in [1.82, 2.24) is 4.90 Å². The Morgan fingerprint density at radius 2 is 1.42 bits per heavy atom. The number of hydrogen-bond acceptors (Lipinski definition) is 8. The van der Waals surface area contributed by atoms with Gasteiger partial charge < -0.3 is 23.7 Å². The summed E-state index contributed by atoms with van der Waals surface area (Å²) in [6, 6.07) is 21.1. The van der Waals surface area contributed by atoms with E-state index in [1.807, 2.05) is 80.6 Å². The van der Waals surface area contributed by atoms with Crippen molar-refractivity contribution in [2.24, 2.45) is 0 Å². The van der Waals surface area contributed by atoms with Crippen LogP contribution in [0.5, 0.6) is 17.2 Å². The van der Waals surface area contributed by atoms with E-state index in [0.717, 1.165) is 39.4 Å². The maximum absolute atomic E-state index is 14.1. The van der Waals surface area contributed by atoms with Crippen LogP contribution in [0.4, 0.5) is 0 Å². The largest absolute Gasteiger partial charge is 0.475 e. The first-order valence-electron chi connectivity index (χ1n) is 14.7. The zero-order valence-electron chi connectivity index (χ0n) is 25.0. The number of carbonyl (C=O) groups is 1. The molecule has 9 heteroatoms. The number of rotatable bonds is 14. The summed E-state index contributed by atoms with van der Waals surface area (Å²) in [6.07, 6.45) is 3.70. The normalized spacial score (nSPS) is 14.2. The number of thiophene rings is 1. The smallest absolute Gasteiger partial charge is 0.195 e. The van der Waals surface area contributed by atoms with Gasteiger partial charge in [0.25, 0.3) is 0 Å². The van der Waals surface area contributed by atoms with E-state index in [0.29, 0.717) is 35.8 Å². The van der Waals surface area contributed by atoms with E-state index in [-0.39, 0.29) is 38.0 Å². The van der Waals surface area contributed by atoms with Crippen LogP contribution in [0.15, 0.2) is 66.7 Å². The third kappa shape index (κ3) is 8.28. The van der Waals surface area contributed by atoms with Crippen LogP contribution in [-0.2, 0) is 9.47 Å². The molecular formula is C34H40ClNO6S. The fourth-order valence-electron chi connectivity index (χ4n) is 5.07. The van der Waals surface area contributed by atoms with Crippen molar-refractivity contribution >= 4 is 39.6 Å². The van der Waals surface area contributed by atoms with Crippen molar-refractivity contribution in [3.63, 3.8) is 0 Å². The Labute approximate surface area is 264 Å². The van der Waals surface area contributed by atoms with Gasteiger partial charge in [0.1, 0.15) is 23.5 Å². The lowest BCUT2D eigenvalue weighted by Gasteiger charge is -2.32. The van der Waals surface area contributed by atoms with Gasteiger partial charge in [-0.15, -0.1) is 23.7 Å². The van der Waals surface area contributed by atoms with Crippen molar-refractivity contribution < 1.29 is 28.5 Å². The summed E-state index contributed by atoms with van der Waals surface area (Å²) in [5.74, 6) is 2.14. The van der Waals surface area contributed by atoms with E-state index in [1.54, 1.807) is 11.3 Å². The van der Waals surface area contributed by atoms with E-state index < -0.39 is 0 Å². The highest BCUT2D eigenvalue weighted by Gasteiger charge is 2.23. The van der Waals surface area contributed by atoms with Gasteiger partial charge >= 0.3 is 0 Å². The van der Waals surface area contributed by atoms with Gasteiger partial charge in [0.05, 0.1) is 0 Å². The number of ether oxygens (including phenoxy) is 5. The van der Waals surface area contributed by atoms with Crippen molar-refractivity contribution in [1.29, 1.82) is 0 Å². The SMILES string of the molecule is CCOCOc1ccc(-c2sc3cc(OCOCC)ccc3c2C(=O)c2ccc(OC(C)N3CCCCC3)cc2)cc1.Cl. The highest BCUT2D eigenvalue weighted by molar-refractivity contribution is 7.22. The quantitative estimate of drug-likeness (QED) is 0.0795. The summed E-state index contributed by atoms with van der Waals surface area (Å²) in [5.41, 5.74) is 2.22. The molecule has 0 N–H and O–H groups in total. The van der Waals surface area contributed by atoms with Crippen LogP contribution in [0.3, 0.4) is 0 Å². The predicted octanol–water partition coefficient (Wildman–Crippen LogP) is 8.18. The Morgan fingerprint density at radius 3 is 2.07 bits per heavy atom. The molecule has 0 bridgehead atoms. The number of hydrogen-bond donors (Lipinski definition) is 0. The molecule has 4 aromatic rings. The molecule has 1 atom stereocenters. The van der Waals surface area contributed by atoms with Crippen LogP contribution in [0.1, 0.15) is 56.0 Å². The van der Waals surface area contributed by atoms with Gasteiger partial charge in [-0.3, -0.25) is 9.69 Å². The number of benzene rings is 3. The molecule has 1 unspecified atom stereocenters. The average molecular weight is 626 g/mol. The molecular weight excluding hydrogens is 586 g/mol. The van der Waals surface area contributed by atoms with Crippen LogP contribution in [0.2, 0.25) is 0 Å². The summed E-state index contributed by atoms with van der Waals surface area (Å²) in [6.45, 7) is 9.61. The molecule has 1 aliphatic rings. The number of ketones is 1. The molecule has 0 spiro atoms. The molecule has 3 aromatic carbocycles. The van der Waals surface area contributed by atoms with E-state index in [4.69, 9.17) is 23.7 Å². The highest BCUT2D eigenvalue weighted by Crippen LogP contribution is 2.42. The molecule has 1 saturated heterocycles. The minimum Gasteiger partial charge on any atom is -0.475 e. The Morgan fingerprint density at radius 1 is 0.814 bits per heavy atom. The van der Waals surface area contributed by atoms with Crippen LogP contribution < -0.4 is 14.2 Å². The number of nitrogens with zero attached hydrogens (tertiary/aromatic N) is 1. The lowest BCUT2D eigenvalue weighted by molar-refractivity contribution is 0.0222. The second-order valence-electron chi connectivity index (χ2n) is 10.2. The van der Waals surface area contributed by atoms with Crippen LogP contribution in [0, 0.1) is 0 Å². The Bertz CT molecular complexity index is 1450. The first-order valence-corrected chi connectivity index (χ1v) is 15.5. The maximum Gasteiger partial charge on any atom is 0.195 e. The molecule has 230 valence electrons. The monoisotopic (exact) mass is 625 g/mol. The second-order valence-corrected chi connectivity index (χ2v) is 11.2. The number of fused-ring (bicyclic) bond motifs is 1. The van der Waals surface area contributed by atoms with Crippen LogP contribution >= 0.6 is 23.7 Å².